The number of rotatable bonds is 17. The zero-order chi connectivity index (χ0) is 22.5. The number of Topliss-reactive ketones (excluding diaryl/α,β-unsaturated/α-hetero) is 1. The maximum atomic E-state index is 11.9. The van der Waals surface area contributed by atoms with Crippen molar-refractivity contribution in [2.45, 2.75) is 122 Å². The van der Waals surface area contributed by atoms with E-state index in [1.807, 2.05) is 6.92 Å². The van der Waals surface area contributed by atoms with Gasteiger partial charge < -0.3 is 21.7 Å². The van der Waals surface area contributed by atoms with Gasteiger partial charge in [0.2, 0.25) is 0 Å². The molecule has 0 unspecified atom stereocenters. The number of hydrogen-bond donors (Lipinski definition) is 4. The molecule has 0 radical (unpaired) electrons. The fourth-order valence-electron chi connectivity index (χ4n) is 3.09. The molecule has 0 aliphatic rings. The number of unbranched alkanes of at least 4 members (excludes halogenated alkanes) is 12. The highest BCUT2D eigenvalue weighted by Crippen LogP contribution is 2.14. The second kappa shape index (κ2) is 19.8. The third-order valence-corrected chi connectivity index (χ3v) is 4.87. The largest absolute Gasteiger partial charge is 0.473 e. The highest BCUT2D eigenvalue weighted by molar-refractivity contribution is 6.27. The van der Waals surface area contributed by atoms with Crippen LogP contribution in [0.3, 0.4) is 0 Å². The average Bonchev–Trinajstić information content (AvgIpc) is 2.65. The molecule has 172 valence electrons. The molecule has 0 aliphatic heterocycles. The van der Waals surface area contributed by atoms with Crippen molar-refractivity contribution in [3.05, 3.63) is 0 Å². The van der Waals surface area contributed by atoms with Gasteiger partial charge in [-0.05, 0) is 12.8 Å². The molecule has 0 saturated heterocycles. The summed E-state index contributed by atoms with van der Waals surface area (Å²) < 4.78 is 0. The summed E-state index contributed by atoms with van der Waals surface area (Å²) in [6.45, 7) is 4.27. The van der Waals surface area contributed by atoms with Gasteiger partial charge in [0, 0.05) is 6.42 Å². The fourth-order valence-corrected chi connectivity index (χ4v) is 3.09. The summed E-state index contributed by atoms with van der Waals surface area (Å²) in [5, 5.41) is 14.8. The molecule has 6 N–H and O–H groups in total. The molecule has 0 heterocycles. The average molecular weight is 417 g/mol. The van der Waals surface area contributed by atoms with Crippen LogP contribution in [0.5, 0.6) is 0 Å². The van der Waals surface area contributed by atoms with Gasteiger partial charge >= 0.3 is 11.9 Å². The standard InChI is InChI=1S/C20H42N2O.C2H2O4/c1-3-5-6-7-8-9-10-11-12-13-14-15-16-17-19(23)20(21,22)18-4-2;3-1(4)2(5)6/h3-18,21-22H2,1-2H3;(H,3,4)(H,5,6). The van der Waals surface area contributed by atoms with Gasteiger partial charge in [0.05, 0.1) is 0 Å². The minimum absolute atomic E-state index is 0.0300. The van der Waals surface area contributed by atoms with E-state index in [9.17, 15) is 4.79 Å². The Morgan fingerprint density at radius 2 is 0.966 bits per heavy atom. The van der Waals surface area contributed by atoms with E-state index in [0.717, 1.165) is 19.3 Å². The molecule has 0 spiro atoms. The number of nitrogens with two attached hydrogens (primary N) is 2. The molecule has 0 bridgehead atoms. The topological polar surface area (TPSA) is 144 Å². The van der Waals surface area contributed by atoms with Crippen molar-refractivity contribution >= 4 is 17.7 Å². The Labute approximate surface area is 176 Å². The molecule has 0 atom stereocenters. The van der Waals surface area contributed by atoms with E-state index in [1.165, 1.54) is 70.6 Å². The van der Waals surface area contributed by atoms with Crippen LogP contribution in [0.15, 0.2) is 0 Å². The van der Waals surface area contributed by atoms with E-state index in [-0.39, 0.29) is 5.78 Å². The van der Waals surface area contributed by atoms with E-state index in [2.05, 4.69) is 6.92 Å². The highest BCUT2D eigenvalue weighted by atomic mass is 16.4. The number of carboxylic acids is 2. The predicted molar refractivity (Wildman–Crippen MR) is 117 cm³/mol. The van der Waals surface area contributed by atoms with Crippen LogP contribution in [0.25, 0.3) is 0 Å². The molecule has 0 fully saturated rings. The Hall–Kier alpha value is -1.47. The molecule has 29 heavy (non-hydrogen) atoms. The lowest BCUT2D eigenvalue weighted by Gasteiger charge is -2.22. The zero-order valence-corrected chi connectivity index (χ0v) is 18.6. The normalized spacial score (nSPS) is 10.9. The third-order valence-electron chi connectivity index (χ3n) is 4.87. The van der Waals surface area contributed by atoms with Crippen LogP contribution in [0.4, 0.5) is 0 Å². The fraction of sp³-hybridized carbons (Fsp3) is 0.864. The Morgan fingerprint density at radius 1 is 0.621 bits per heavy atom. The van der Waals surface area contributed by atoms with Crippen molar-refractivity contribution < 1.29 is 24.6 Å². The van der Waals surface area contributed by atoms with Crippen molar-refractivity contribution in [2.24, 2.45) is 11.5 Å². The van der Waals surface area contributed by atoms with Crippen LogP contribution in [-0.4, -0.2) is 33.6 Å². The molecule has 7 nitrogen and oxygen atoms in total. The number of aliphatic carboxylic acids is 2. The quantitative estimate of drug-likeness (QED) is 0.154. The Morgan fingerprint density at radius 3 is 1.28 bits per heavy atom. The second-order valence-corrected chi connectivity index (χ2v) is 7.82. The number of carbonyl (C=O) groups excluding carboxylic acids is 1. The van der Waals surface area contributed by atoms with E-state index in [4.69, 9.17) is 31.3 Å². The van der Waals surface area contributed by atoms with Crippen LogP contribution < -0.4 is 11.5 Å². The first-order chi connectivity index (χ1) is 13.7. The van der Waals surface area contributed by atoms with Gasteiger partial charge in [-0.15, -0.1) is 0 Å². The first-order valence-electron chi connectivity index (χ1n) is 11.3. The van der Waals surface area contributed by atoms with Crippen LogP contribution in [0.2, 0.25) is 0 Å². The first kappa shape index (κ1) is 29.7. The van der Waals surface area contributed by atoms with Crippen molar-refractivity contribution in [1.29, 1.82) is 0 Å². The van der Waals surface area contributed by atoms with Crippen molar-refractivity contribution in [2.75, 3.05) is 0 Å². The molecule has 0 aromatic rings. The molecule has 0 aromatic carbocycles. The summed E-state index contributed by atoms with van der Waals surface area (Å²) in [6, 6.07) is 0. The summed E-state index contributed by atoms with van der Waals surface area (Å²) in [5.41, 5.74) is 10.6. The number of carbonyl (C=O) groups is 3. The highest BCUT2D eigenvalue weighted by Gasteiger charge is 2.26. The molecule has 7 heteroatoms. The summed E-state index contributed by atoms with van der Waals surface area (Å²) in [4.78, 5) is 30.1. The van der Waals surface area contributed by atoms with Crippen LogP contribution in [-0.2, 0) is 14.4 Å². The molecule has 0 amide bonds. The van der Waals surface area contributed by atoms with Crippen LogP contribution in [0.1, 0.15) is 117 Å². The van der Waals surface area contributed by atoms with Gasteiger partial charge in [0.1, 0.15) is 5.66 Å². The van der Waals surface area contributed by atoms with Gasteiger partial charge in [-0.2, -0.15) is 0 Å². The monoisotopic (exact) mass is 416 g/mol. The van der Waals surface area contributed by atoms with Gasteiger partial charge in [0.15, 0.2) is 5.78 Å². The Balaban J connectivity index is 0. The third kappa shape index (κ3) is 21.1. The smallest absolute Gasteiger partial charge is 0.414 e. The first-order valence-corrected chi connectivity index (χ1v) is 11.3. The van der Waals surface area contributed by atoms with Crippen LogP contribution in [0, 0.1) is 0 Å². The summed E-state index contributed by atoms with van der Waals surface area (Å²) >= 11 is 0. The summed E-state index contributed by atoms with van der Waals surface area (Å²) in [5.74, 6) is -3.62. The minimum atomic E-state index is -1.82. The lowest BCUT2D eigenvalue weighted by molar-refractivity contribution is -0.159. The number of hydrogen-bond acceptors (Lipinski definition) is 5. The lowest BCUT2D eigenvalue weighted by Crippen LogP contribution is -2.56. The number of ketones is 1. The maximum Gasteiger partial charge on any atom is 0.414 e. The van der Waals surface area contributed by atoms with Gasteiger partial charge in [-0.3, -0.25) is 4.79 Å². The minimum Gasteiger partial charge on any atom is -0.473 e. The molecular weight excluding hydrogens is 372 g/mol. The van der Waals surface area contributed by atoms with E-state index >= 15 is 0 Å². The second-order valence-electron chi connectivity index (χ2n) is 7.82. The van der Waals surface area contributed by atoms with Gasteiger partial charge in [0.25, 0.3) is 0 Å². The zero-order valence-electron chi connectivity index (χ0n) is 18.6. The number of carboxylic acid groups (broad SMARTS) is 2. The summed E-state index contributed by atoms with van der Waals surface area (Å²) in [6.07, 6.45) is 19.1. The Kier molecular flexibility index (Phi) is 20.3. The van der Waals surface area contributed by atoms with Crippen LogP contribution >= 0.6 is 0 Å². The van der Waals surface area contributed by atoms with Crippen molar-refractivity contribution in [1.82, 2.24) is 0 Å². The SMILES string of the molecule is CCCCCCCCCCCCCCCC(=O)C(N)(N)CCC.O=C(O)C(=O)O. The lowest BCUT2D eigenvalue weighted by atomic mass is 9.96. The molecule has 0 rings (SSSR count). The Bertz CT molecular complexity index is 427. The molecule has 0 saturated carbocycles. The summed E-state index contributed by atoms with van der Waals surface area (Å²) in [7, 11) is 0. The molecular formula is C22H44N2O5. The van der Waals surface area contributed by atoms with Gasteiger partial charge in [-0.1, -0.05) is 97.3 Å². The van der Waals surface area contributed by atoms with E-state index in [0.29, 0.717) is 12.8 Å². The van der Waals surface area contributed by atoms with Gasteiger partial charge in [-0.25, -0.2) is 9.59 Å². The van der Waals surface area contributed by atoms with Crippen molar-refractivity contribution in [3.63, 3.8) is 0 Å². The molecule has 0 aromatic heterocycles. The maximum absolute atomic E-state index is 11.9. The predicted octanol–water partition coefficient (Wildman–Crippen LogP) is 4.61. The van der Waals surface area contributed by atoms with Crippen molar-refractivity contribution in [3.8, 4) is 0 Å². The van der Waals surface area contributed by atoms with E-state index in [1.54, 1.807) is 0 Å². The van der Waals surface area contributed by atoms with E-state index < -0.39 is 17.6 Å². The molecule has 0 aliphatic carbocycles.